The standard InChI is InChI=1S/C9H8Cl4N2O2/c10-5-1-3-6(4-2-5)14-8(17)15-7(16)9(11,12)13/h1-4,7,16H,(H2,14,15,17)/t7-/m1/s1. The van der Waals surface area contributed by atoms with Crippen LogP contribution in [-0.2, 0) is 0 Å². The van der Waals surface area contributed by atoms with E-state index in [1.54, 1.807) is 24.3 Å². The lowest BCUT2D eigenvalue weighted by molar-refractivity contribution is 0.148. The molecule has 4 nitrogen and oxygen atoms in total. The van der Waals surface area contributed by atoms with Gasteiger partial charge in [-0.2, -0.15) is 0 Å². The van der Waals surface area contributed by atoms with Gasteiger partial charge in [-0.15, -0.1) is 0 Å². The van der Waals surface area contributed by atoms with Crippen LogP contribution in [0.15, 0.2) is 24.3 Å². The molecule has 0 fully saturated rings. The summed E-state index contributed by atoms with van der Waals surface area (Å²) in [7, 11) is 0. The lowest BCUT2D eigenvalue weighted by atomic mass is 10.3. The Morgan fingerprint density at radius 1 is 1.24 bits per heavy atom. The van der Waals surface area contributed by atoms with Gasteiger partial charge in [0.05, 0.1) is 0 Å². The fraction of sp³-hybridized carbons (Fsp3) is 0.222. The number of rotatable bonds is 2. The van der Waals surface area contributed by atoms with Crippen LogP contribution < -0.4 is 10.6 Å². The molecule has 17 heavy (non-hydrogen) atoms. The number of halogens is 4. The topological polar surface area (TPSA) is 61.4 Å². The molecule has 0 unspecified atom stereocenters. The van der Waals surface area contributed by atoms with Crippen LogP contribution in [0.25, 0.3) is 0 Å². The zero-order valence-corrected chi connectivity index (χ0v) is 11.3. The van der Waals surface area contributed by atoms with Crippen molar-refractivity contribution < 1.29 is 9.90 Å². The molecular formula is C9H8Cl4N2O2. The predicted octanol–water partition coefficient (Wildman–Crippen LogP) is 3.15. The second-order valence-electron chi connectivity index (χ2n) is 3.05. The third kappa shape index (κ3) is 5.19. The molecule has 0 radical (unpaired) electrons. The number of amides is 2. The molecule has 0 aliphatic heterocycles. The Hall–Kier alpha value is -0.390. The van der Waals surface area contributed by atoms with Crippen LogP contribution in [-0.4, -0.2) is 21.2 Å². The molecule has 0 aliphatic carbocycles. The molecule has 1 aromatic carbocycles. The molecule has 8 heteroatoms. The van der Waals surface area contributed by atoms with E-state index < -0.39 is 16.1 Å². The van der Waals surface area contributed by atoms with Gasteiger partial charge in [-0.3, -0.25) is 0 Å². The van der Waals surface area contributed by atoms with Crippen molar-refractivity contribution in [1.29, 1.82) is 0 Å². The lowest BCUT2D eigenvalue weighted by Crippen LogP contribution is -2.45. The second kappa shape index (κ2) is 5.98. The Morgan fingerprint density at radius 2 is 1.76 bits per heavy atom. The monoisotopic (exact) mass is 316 g/mol. The molecule has 0 aromatic heterocycles. The molecular weight excluding hydrogens is 310 g/mol. The second-order valence-corrected chi connectivity index (χ2v) is 5.85. The maximum absolute atomic E-state index is 11.4. The van der Waals surface area contributed by atoms with Crippen molar-refractivity contribution in [3.8, 4) is 0 Å². The minimum atomic E-state index is -1.99. The number of urea groups is 1. The largest absolute Gasteiger partial charge is 0.369 e. The SMILES string of the molecule is O=C(Nc1ccc(Cl)cc1)N[C@H](O)C(Cl)(Cl)Cl. The molecule has 0 heterocycles. The maximum atomic E-state index is 11.4. The first kappa shape index (κ1) is 14.7. The third-order valence-electron chi connectivity index (χ3n) is 1.68. The van der Waals surface area contributed by atoms with Crippen LogP contribution in [0.2, 0.25) is 5.02 Å². The number of aliphatic hydroxyl groups is 1. The van der Waals surface area contributed by atoms with Gasteiger partial charge in [-0.05, 0) is 24.3 Å². The Labute approximate surface area is 118 Å². The number of aliphatic hydroxyl groups excluding tert-OH is 1. The number of anilines is 1. The summed E-state index contributed by atoms with van der Waals surface area (Å²) in [5, 5.41) is 14.3. The average molecular weight is 318 g/mol. The van der Waals surface area contributed by atoms with Crippen LogP contribution in [0.4, 0.5) is 10.5 Å². The zero-order valence-electron chi connectivity index (χ0n) is 8.25. The molecule has 0 aliphatic rings. The molecule has 1 aromatic rings. The highest BCUT2D eigenvalue weighted by molar-refractivity contribution is 6.68. The third-order valence-corrected chi connectivity index (χ3v) is 2.55. The summed E-state index contributed by atoms with van der Waals surface area (Å²) in [6.45, 7) is 0. The van der Waals surface area contributed by atoms with Gasteiger partial charge in [-0.1, -0.05) is 46.4 Å². The first-order valence-electron chi connectivity index (χ1n) is 4.37. The van der Waals surface area contributed by atoms with Crippen molar-refractivity contribution in [2.45, 2.75) is 10.0 Å². The van der Waals surface area contributed by atoms with E-state index in [0.717, 1.165) is 0 Å². The van der Waals surface area contributed by atoms with Gasteiger partial charge in [-0.25, -0.2) is 4.79 Å². The summed E-state index contributed by atoms with van der Waals surface area (Å²) >= 11 is 21.8. The van der Waals surface area contributed by atoms with Gasteiger partial charge in [0.2, 0.25) is 3.79 Å². The Kier molecular flexibility index (Phi) is 5.16. The van der Waals surface area contributed by atoms with Crippen molar-refractivity contribution in [1.82, 2.24) is 5.32 Å². The first-order chi connectivity index (χ1) is 7.79. The molecule has 0 saturated carbocycles. The summed E-state index contributed by atoms with van der Waals surface area (Å²) in [6.07, 6.45) is -1.61. The number of hydrogen-bond acceptors (Lipinski definition) is 2. The van der Waals surface area contributed by atoms with Gasteiger partial charge in [0.1, 0.15) is 0 Å². The minimum absolute atomic E-state index is 0.489. The van der Waals surface area contributed by atoms with E-state index in [1.807, 2.05) is 0 Å². The molecule has 2 amide bonds. The van der Waals surface area contributed by atoms with Gasteiger partial charge >= 0.3 is 6.03 Å². The van der Waals surface area contributed by atoms with Crippen molar-refractivity contribution in [3.05, 3.63) is 29.3 Å². The van der Waals surface area contributed by atoms with E-state index in [2.05, 4.69) is 10.6 Å². The summed E-state index contributed by atoms with van der Waals surface area (Å²) in [5.74, 6) is 0. The number of nitrogens with one attached hydrogen (secondary N) is 2. The van der Waals surface area contributed by atoms with Gasteiger partial charge in [0.25, 0.3) is 0 Å². The van der Waals surface area contributed by atoms with Gasteiger partial charge in [0.15, 0.2) is 6.23 Å². The summed E-state index contributed by atoms with van der Waals surface area (Å²) < 4.78 is -1.99. The van der Waals surface area contributed by atoms with Gasteiger partial charge in [0, 0.05) is 10.7 Å². The molecule has 0 saturated heterocycles. The fourth-order valence-corrected chi connectivity index (χ4v) is 1.20. The van der Waals surface area contributed by atoms with E-state index in [0.29, 0.717) is 10.7 Å². The van der Waals surface area contributed by atoms with E-state index in [-0.39, 0.29) is 0 Å². The van der Waals surface area contributed by atoms with Gasteiger partial charge < -0.3 is 15.7 Å². The number of alkyl halides is 3. The van der Waals surface area contributed by atoms with Crippen LogP contribution in [0.3, 0.4) is 0 Å². The highest BCUT2D eigenvalue weighted by Gasteiger charge is 2.32. The van der Waals surface area contributed by atoms with Crippen LogP contribution in [0.1, 0.15) is 0 Å². The average Bonchev–Trinajstić information content (AvgIpc) is 2.20. The molecule has 0 bridgehead atoms. The van der Waals surface area contributed by atoms with E-state index >= 15 is 0 Å². The molecule has 0 spiro atoms. The number of carbonyl (C=O) groups excluding carboxylic acids is 1. The first-order valence-corrected chi connectivity index (χ1v) is 5.88. The van der Waals surface area contributed by atoms with Crippen molar-refractivity contribution >= 4 is 58.1 Å². The Balaban J connectivity index is 2.53. The summed E-state index contributed by atoms with van der Waals surface area (Å²) in [4.78, 5) is 11.4. The normalized spacial score (nSPS) is 13.0. The zero-order chi connectivity index (χ0) is 13.1. The predicted molar refractivity (Wildman–Crippen MR) is 69.9 cm³/mol. The van der Waals surface area contributed by atoms with Crippen LogP contribution >= 0.6 is 46.4 Å². The molecule has 1 atom stereocenters. The maximum Gasteiger partial charge on any atom is 0.321 e. The molecule has 3 N–H and O–H groups in total. The quantitative estimate of drug-likeness (QED) is 0.579. The Bertz CT molecular complexity index is 391. The Morgan fingerprint density at radius 3 is 2.24 bits per heavy atom. The number of benzene rings is 1. The molecule has 94 valence electrons. The number of hydrogen-bond donors (Lipinski definition) is 3. The number of carbonyl (C=O) groups is 1. The fourth-order valence-electron chi connectivity index (χ4n) is 0.906. The van der Waals surface area contributed by atoms with Crippen molar-refractivity contribution in [3.63, 3.8) is 0 Å². The summed E-state index contributed by atoms with van der Waals surface area (Å²) in [5.41, 5.74) is 0.489. The van der Waals surface area contributed by atoms with Crippen molar-refractivity contribution in [2.75, 3.05) is 5.32 Å². The van der Waals surface area contributed by atoms with E-state index in [1.165, 1.54) is 0 Å². The van der Waals surface area contributed by atoms with Crippen LogP contribution in [0, 0.1) is 0 Å². The summed E-state index contributed by atoms with van der Waals surface area (Å²) in [6, 6.07) is 5.67. The minimum Gasteiger partial charge on any atom is -0.369 e. The van der Waals surface area contributed by atoms with Crippen molar-refractivity contribution in [2.24, 2.45) is 0 Å². The highest BCUT2D eigenvalue weighted by Crippen LogP contribution is 2.28. The van der Waals surface area contributed by atoms with Crippen LogP contribution in [0.5, 0.6) is 0 Å². The van der Waals surface area contributed by atoms with E-state index in [9.17, 15) is 9.90 Å². The molecule has 1 rings (SSSR count). The lowest BCUT2D eigenvalue weighted by Gasteiger charge is -2.20. The smallest absolute Gasteiger partial charge is 0.321 e. The highest BCUT2D eigenvalue weighted by atomic mass is 35.6. The van der Waals surface area contributed by atoms with E-state index in [4.69, 9.17) is 46.4 Å².